The van der Waals surface area contributed by atoms with Crippen molar-refractivity contribution in [2.75, 3.05) is 20.2 Å². The summed E-state index contributed by atoms with van der Waals surface area (Å²) in [5, 5.41) is 2.30. The van der Waals surface area contributed by atoms with E-state index in [1.54, 1.807) is 18.3 Å². The van der Waals surface area contributed by atoms with Gasteiger partial charge in [0.05, 0.1) is 51.0 Å². The fraction of sp³-hybridized carbons (Fsp3) is 0.308. The van der Waals surface area contributed by atoms with Gasteiger partial charge in [-0.15, -0.1) is 0 Å². The lowest BCUT2D eigenvalue weighted by Crippen LogP contribution is -3.12. The molecule has 0 aliphatic carbocycles. The third-order valence-corrected chi connectivity index (χ3v) is 6.94. The van der Waals surface area contributed by atoms with Crippen LogP contribution in [-0.4, -0.2) is 30.9 Å². The minimum Gasteiger partial charge on any atom is -0.493 e. The Morgan fingerprint density at radius 1 is 1.06 bits per heavy atom. The molecule has 1 unspecified atom stereocenters. The number of para-hydroxylation sites is 1. The summed E-state index contributed by atoms with van der Waals surface area (Å²) >= 11 is 0. The Morgan fingerprint density at radius 3 is 2.66 bits per heavy atom. The lowest BCUT2D eigenvalue weighted by atomic mass is 9.92. The van der Waals surface area contributed by atoms with E-state index in [-0.39, 0.29) is 6.04 Å². The normalized spacial score (nSPS) is 26.6. The van der Waals surface area contributed by atoms with Crippen molar-refractivity contribution in [2.24, 2.45) is 0 Å². The fourth-order valence-corrected chi connectivity index (χ4v) is 5.30. The third-order valence-electron chi connectivity index (χ3n) is 6.94. The van der Waals surface area contributed by atoms with Crippen LogP contribution in [0.2, 0.25) is 0 Å². The predicted octanol–water partition coefficient (Wildman–Crippen LogP) is 3.16. The molecule has 1 aromatic heterocycles. The van der Waals surface area contributed by atoms with Gasteiger partial charge in [-0.05, 0) is 24.3 Å². The van der Waals surface area contributed by atoms with E-state index in [1.807, 2.05) is 24.3 Å². The van der Waals surface area contributed by atoms with Crippen LogP contribution in [-0.2, 0) is 6.54 Å². The van der Waals surface area contributed by atoms with Gasteiger partial charge >= 0.3 is 0 Å². The molecule has 0 amide bonds. The van der Waals surface area contributed by atoms with Gasteiger partial charge < -0.3 is 24.2 Å². The molecule has 3 aromatic rings. The molecule has 2 N–H and O–H groups in total. The summed E-state index contributed by atoms with van der Waals surface area (Å²) in [6.45, 7) is 3.13. The highest BCUT2D eigenvalue weighted by Crippen LogP contribution is 2.50. The molecular weight excluding hydrogens is 402 g/mol. The Bertz CT molecular complexity index is 1120. The maximum absolute atomic E-state index is 6.82. The van der Waals surface area contributed by atoms with Crippen LogP contribution in [0.15, 0.2) is 77.4 Å². The van der Waals surface area contributed by atoms with Crippen molar-refractivity contribution >= 4 is 5.70 Å². The number of hydrogen-bond donors (Lipinski definition) is 2. The Labute approximate surface area is 188 Å². The molecule has 1 saturated heterocycles. The van der Waals surface area contributed by atoms with Crippen molar-refractivity contribution < 1.29 is 18.8 Å². The smallest absolute Gasteiger partial charge is 0.191 e. The first kappa shape index (κ1) is 19.5. The zero-order valence-electron chi connectivity index (χ0n) is 18.2. The van der Waals surface area contributed by atoms with Crippen LogP contribution in [0.4, 0.5) is 0 Å². The van der Waals surface area contributed by atoms with Gasteiger partial charge in [0.1, 0.15) is 6.54 Å². The maximum atomic E-state index is 6.82. The van der Waals surface area contributed by atoms with Gasteiger partial charge in [0.2, 0.25) is 0 Å². The molecule has 0 radical (unpaired) electrons. The van der Waals surface area contributed by atoms with E-state index in [0.717, 1.165) is 61.0 Å². The lowest BCUT2D eigenvalue weighted by Gasteiger charge is -2.50. The first-order valence-electron chi connectivity index (χ1n) is 11.3. The van der Waals surface area contributed by atoms with Crippen molar-refractivity contribution in [3.63, 3.8) is 0 Å². The van der Waals surface area contributed by atoms with Crippen molar-refractivity contribution in [2.45, 2.75) is 31.2 Å². The van der Waals surface area contributed by atoms with E-state index in [4.69, 9.17) is 13.9 Å². The Morgan fingerprint density at radius 2 is 1.91 bits per heavy atom. The van der Waals surface area contributed by atoms with E-state index < -0.39 is 5.72 Å². The number of likely N-dealkylation sites (tertiary alicyclic amines) is 1. The highest BCUT2D eigenvalue weighted by molar-refractivity contribution is 5.65. The minimum absolute atomic E-state index is 0.0598. The second kappa shape index (κ2) is 7.73. The number of furan rings is 1. The molecule has 3 aliphatic heterocycles. The van der Waals surface area contributed by atoms with Gasteiger partial charge in [-0.3, -0.25) is 0 Å². The first-order chi connectivity index (χ1) is 15.8. The summed E-state index contributed by atoms with van der Waals surface area (Å²) < 4.78 is 18.2. The van der Waals surface area contributed by atoms with Gasteiger partial charge in [-0.1, -0.05) is 42.5 Å². The van der Waals surface area contributed by atoms with Gasteiger partial charge in [0.25, 0.3) is 0 Å². The quantitative estimate of drug-likeness (QED) is 0.666. The van der Waals surface area contributed by atoms with E-state index in [9.17, 15) is 0 Å². The van der Waals surface area contributed by atoms with E-state index >= 15 is 0 Å². The number of methoxy groups -OCH3 is 1. The molecule has 1 atom stereocenters. The Kier molecular flexibility index (Phi) is 4.70. The molecule has 6 heteroatoms. The van der Waals surface area contributed by atoms with E-state index in [0.29, 0.717) is 0 Å². The second-order valence-electron chi connectivity index (χ2n) is 8.82. The largest absolute Gasteiger partial charge is 0.493 e. The number of quaternary nitrogens is 1. The van der Waals surface area contributed by atoms with Crippen LogP contribution >= 0.6 is 0 Å². The van der Waals surface area contributed by atoms with Crippen LogP contribution in [0.3, 0.4) is 0 Å². The van der Waals surface area contributed by atoms with Crippen molar-refractivity contribution in [3.05, 3.63) is 89.9 Å². The number of rotatable bonds is 4. The minimum atomic E-state index is -0.433. The van der Waals surface area contributed by atoms with E-state index in [2.05, 4.69) is 52.9 Å². The van der Waals surface area contributed by atoms with Gasteiger partial charge in [-0.25, -0.2) is 0 Å². The molecule has 3 aliphatic rings. The molecule has 2 aromatic carbocycles. The van der Waals surface area contributed by atoms with Crippen LogP contribution in [0.1, 0.15) is 35.8 Å². The average molecular weight is 431 g/mol. The number of fused-ring (bicyclic) bond motifs is 4. The summed E-state index contributed by atoms with van der Waals surface area (Å²) in [5.74, 6) is 2.49. The number of hydrazine groups is 1. The predicted molar refractivity (Wildman–Crippen MR) is 121 cm³/mol. The molecule has 0 bridgehead atoms. The summed E-state index contributed by atoms with van der Waals surface area (Å²) in [4.78, 5) is 1.59. The van der Waals surface area contributed by atoms with Crippen molar-refractivity contribution in [1.82, 2.24) is 10.4 Å². The van der Waals surface area contributed by atoms with E-state index in [1.165, 1.54) is 5.56 Å². The standard InChI is InChI=1S/C26H27N3O3/c1-30-24-10-5-9-20-22-17-21(23-11-6-16-31-23)27-29(22)26(32-25(20)24)12-14-28(15-13-26)18-19-7-3-2-4-8-19/h2-11,16-17,22,27H,12-15,18H2,1H3/p+1. The summed E-state index contributed by atoms with van der Waals surface area (Å²) in [7, 11) is 1.71. The first-order valence-corrected chi connectivity index (χ1v) is 11.3. The number of nitrogens with one attached hydrogen (secondary N) is 2. The monoisotopic (exact) mass is 430 g/mol. The zero-order chi connectivity index (χ0) is 21.5. The highest BCUT2D eigenvalue weighted by Gasteiger charge is 2.53. The molecule has 0 saturated carbocycles. The number of piperidine rings is 1. The Hall–Kier alpha value is -3.22. The third kappa shape index (κ3) is 3.18. The number of hydrogen-bond acceptors (Lipinski definition) is 5. The van der Waals surface area contributed by atoms with Crippen LogP contribution in [0, 0.1) is 0 Å². The summed E-state index contributed by atoms with van der Waals surface area (Å²) in [5.41, 5.74) is 6.67. The van der Waals surface area contributed by atoms with Crippen molar-refractivity contribution in [1.29, 1.82) is 0 Å². The molecule has 6 nitrogen and oxygen atoms in total. The second-order valence-corrected chi connectivity index (χ2v) is 8.82. The SMILES string of the molecule is COc1cccc2c1OC1(CC[NH+](Cc3ccccc3)CC1)N1NC(c3ccco3)=CC21. The van der Waals surface area contributed by atoms with Crippen LogP contribution < -0.4 is 19.8 Å². The molecular formula is C26H28N3O3+. The number of nitrogens with zero attached hydrogens (tertiary/aromatic N) is 1. The molecule has 1 fully saturated rings. The van der Waals surface area contributed by atoms with Gasteiger partial charge in [0.15, 0.2) is 23.0 Å². The molecule has 6 rings (SSSR count). The van der Waals surface area contributed by atoms with Gasteiger partial charge in [0, 0.05) is 11.1 Å². The zero-order valence-corrected chi connectivity index (χ0v) is 18.2. The molecule has 1 spiro atoms. The summed E-state index contributed by atoms with van der Waals surface area (Å²) in [6.07, 6.45) is 5.80. The Balaban J connectivity index is 1.31. The van der Waals surface area contributed by atoms with Crippen molar-refractivity contribution in [3.8, 4) is 11.5 Å². The number of ether oxygens (including phenoxy) is 2. The fourth-order valence-electron chi connectivity index (χ4n) is 5.30. The topological polar surface area (TPSA) is 51.3 Å². The maximum Gasteiger partial charge on any atom is 0.191 e. The average Bonchev–Trinajstić information content (AvgIpc) is 3.52. The summed E-state index contributed by atoms with van der Waals surface area (Å²) in [6, 6.07) is 20.9. The van der Waals surface area contributed by atoms with Crippen LogP contribution in [0.5, 0.6) is 11.5 Å². The van der Waals surface area contributed by atoms with Crippen LogP contribution in [0.25, 0.3) is 5.70 Å². The molecule has 4 heterocycles. The molecule has 164 valence electrons. The highest BCUT2D eigenvalue weighted by atomic mass is 16.5. The number of benzene rings is 2. The van der Waals surface area contributed by atoms with Gasteiger partial charge in [-0.2, -0.15) is 5.01 Å². The molecule has 32 heavy (non-hydrogen) atoms. The lowest BCUT2D eigenvalue weighted by molar-refractivity contribution is -0.921.